The van der Waals surface area contributed by atoms with Gasteiger partial charge in [-0.2, -0.15) is 0 Å². The molecule has 6 nitrogen and oxygen atoms in total. The van der Waals surface area contributed by atoms with E-state index in [1.54, 1.807) is 19.1 Å². The SMILES string of the molecule is CNS(=O)(=O)c1cc(NC(=O)CC2CNC2)ccc1C. The van der Waals surface area contributed by atoms with Crippen molar-refractivity contribution in [1.82, 2.24) is 10.0 Å². The van der Waals surface area contributed by atoms with Crippen LogP contribution in [0.25, 0.3) is 0 Å². The zero-order valence-electron chi connectivity index (χ0n) is 11.6. The van der Waals surface area contributed by atoms with Crippen LogP contribution in [0.2, 0.25) is 0 Å². The van der Waals surface area contributed by atoms with Gasteiger partial charge < -0.3 is 10.6 Å². The zero-order chi connectivity index (χ0) is 14.8. The fourth-order valence-corrected chi connectivity index (χ4v) is 3.04. The Morgan fingerprint density at radius 1 is 1.40 bits per heavy atom. The molecule has 110 valence electrons. The van der Waals surface area contributed by atoms with E-state index in [2.05, 4.69) is 15.4 Å². The molecule has 1 aromatic carbocycles. The maximum Gasteiger partial charge on any atom is 0.240 e. The Hall–Kier alpha value is -1.44. The highest BCUT2D eigenvalue weighted by atomic mass is 32.2. The maximum atomic E-state index is 11.9. The van der Waals surface area contributed by atoms with Crippen LogP contribution >= 0.6 is 0 Å². The quantitative estimate of drug-likeness (QED) is 0.736. The third kappa shape index (κ3) is 3.36. The fraction of sp³-hybridized carbons (Fsp3) is 0.462. The molecule has 2 rings (SSSR count). The summed E-state index contributed by atoms with van der Waals surface area (Å²) in [6.07, 6.45) is 0.453. The average molecular weight is 297 g/mol. The van der Waals surface area contributed by atoms with E-state index in [4.69, 9.17) is 0 Å². The predicted octanol–water partition coefficient (Wildman–Crippen LogP) is 0.451. The van der Waals surface area contributed by atoms with Crippen LogP contribution in [-0.4, -0.2) is 34.5 Å². The molecular weight excluding hydrogens is 278 g/mol. The van der Waals surface area contributed by atoms with Gasteiger partial charge in [0.1, 0.15) is 0 Å². The first-order valence-electron chi connectivity index (χ1n) is 6.47. The summed E-state index contributed by atoms with van der Waals surface area (Å²) < 4.78 is 26.0. The molecule has 1 aromatic rings. The van der Waals surface area contributed by atoms with Crippen molar-refractivity contribution in [1.29, 1.82) is 0 Å². The average Bonchev–Trinajstić information content (AvgIpc) is 2.36. The number of anilines is 1. The molecule has 0 bridgehead atoms. The smallest absolute Gasteiger partial charge is 0.240 e. The monoisotopic (exact) mass is 297 g/mol. The molecule has 1 aliphatic rings. The number of carbonyl (C=O) groups excluding carboxylic acids is 1. The maximum absolute atomic E-state index is 11.9. The van der Waals surface area contributed by atoms with Crippen molar-refractivity contribution < 1.29 is 13.2 Å². The largest absolute Gasteiger partial charge is 0.326 e. The highest BCUT2D eigenvalue weighted by Crippen LogP contribution is 2.20. The van der Waals surface area contributed by atoms with Crippen LogP contribution in [0, 0.1) is 12.8 Å². The third-order valence-corrected chi connectivity index (χ3v) is 4.93. The molecule has 20 heavy (non-hydrogen) atoms. The number of benzene rings is 1. The second-order valence-electron chi connectivity index (χ2n) is 4.96. The lowest BCUT2D eigenvalue weighted by Gasteiger charge is -2.26. The number of hydrogen-bond acceptors (Lipinski definition) is 4. The minimum absolute atomic E-state index is 0.0897. The summed E-state index contributed by atoms with van der Waals surface area (Å²) in [6, 6.07) is 4.88. The van der Waals surface area contributed by atoms with Crippen LogP contribution in [0.15, 0.2) is 23.1 Å². The topological polar surface area (TPSA) is 87.3 Å². The van der Waals surface area contributed by atoms with Crippen LogP contribution in [-0.2, 0) is 14.8 Å². The second-order valence-corrected chi connectivity index (χ2v) is 6.82. The van der Waals surface area contributed by atoms with Gasteiger partial charge in [-0.25, -0.2) is 13.1 Å². The first-order valence-corrected chi connectivity index (χ1v) is 7.95. The number of carbonyl (C=O) groups is 1. The normalized spacial score (nSPS) is 15.7. The first kappa shape index (κ1) is 15.0. The third-order valence-electron chi connectivity index (χ3n) is 3.37. The van der Waals surface area contributed by atoms with Gasteiger partial charge in [0.15, 0.2) is 0 Å². The van der Waals surface area contributed by atoms with Crippen LogP contribution < -0.4 is 15.4 Å². The Bertz CT molecular complexity index is 609. The molecule has 1 heterocycles. The first-order chi connectivity index (χ1) is 9.42. The number of nitrogens with one attached hydrogen (secondary N) is 3. The Morgan fingerprint density at radius 3 is 2.65 bits per heavy atom. The molecule has 0 unspecified atom stereocenters. The minimum Gasteiger partial charge on any atom is -0.326 e. The molecule has 1 fully saturated rings. The molecule has 1 aliphatic heterocycles. The predicted molar refractivity (Wildman–Crippen MR) is 77.0 cm³/mol. The molecule has 3 N–H and O–H groups in total. The molecule has 0 atom stereocenters. The van der Waals surface area contributed by atoms with Gasteiger partial charge in [-0.1, -0.05) is 6.07 Å². The second kappa shape index (κ2) is 5.90. The summed E-state index contributed by atoms with van der Waals surface area (Å²) in [5, 5.41) is 5.85. The summed E-state index contributed by atoms with van der Waals surface area (Å²) in [5.74, 6) is 0.286. The van der Waals surface area contributed by atoms with Gasteiger partial charge in [-0.15, -0.1) is 0 Å². The molecule has 0 spiro atoms. The Balaban J connectivity index is 2.12. The summed E-state index contributed by atoms with van der Waals surface area (Å²) in [5.41, 5.74) is 1.14. The van der Waals surface area contributed by atoms with E-state index in [-0.39, 0.29) is 10.8 Å². The van der Waals surface area contributed by atoms with Crippen LogP contribution in [0.5, 0.6) is 0 Å². The summed E-state index contributed by atoms with van der Waals surface area (Å²) >= 11 is 0. The lowest BCUT2D eigenvalue weighted by Crippen LogP contribution is -2.43. The van der Waals surface area contributed by atoms with E-state index >= 15 is 0 Å². The highest BCUT2D eigenvalue weighted by Gasteiger charge is 2.21. The molecule has 0 saturated carbocycles. The number of aryl methyl sites for hydroxylation is 1. The molecular formula is C13H19N3O3S. The lowest BCUT2D eigenvalue weighted by molar-refractivity contribution is -0.117. The standard InChI is InChI=1S/C13H19N3O3S/c1-9-3-4-11(6-12(9)20(18,19)14-2)16-13(17)5-10-7-15-8-10/h3-4,6,10,14-15H,5,7-8H2,1-2H3,(H,16,17). The Kier molecular flexibility index (Phi) is 4.42. The molecule has 1 amide bonds. The van der Waals surface area contributed by atoms with Crippen molar-refractivity contribution in [3.8, 4) is 0 Å². The molecule has 1 saturated heterocycles. The number of amides is 1. The van der Waals surface area contributed by atoms with Gasteiger partial charge in [0.2, 0.25) is 15.9 Å². The van der Waals surface area contributed by atoms with Crippen molar-refractivity contribution in [3.05, 3.63) is 23.8 Å². The van der Waals surface area contributed by atoms with Crippen LogP contribution in [0.1, 0.15) is 12.0 Å². The van der Waals surface area contributed by atoms with Crippen molar-refractivity contribution in [2.24, 2.45) is 5.92 Å². The summed E-state index contributed by atoms with van der Waals surface area (Å²) in [4.78, 5) is 12.0. The van der Waals surface area contributed by atoms with Gasteiger partial charge in [0.05, 0.1) is 4.90 Å². The Labute approximate surface area is 119 Å². The molecule has 0 aromatic heterocycles. The van der Waals surface area contributed by atoms with Crippen LogP contribution in [0.4, 0.5) is 5.69 Å². The van der Waals surface area contributed by atoms with Gasteiger partial charge in [-0.05, 0) is 50.7 Å². The minimum atomic E-state index is -3.52. The van der Waals surface area contributed by atoms with Crippen molar-refractivity contribution in [2.75, 3.05) is 25.5 Å². The lowest BCUT2D eigenvalue weighted by atomic mass is 9.99. The fourth-order valence-electron chi connectivity index (χ4n) is 2.04. The summed E-state index contributed by atoms with van der Waals surface area (Å²) in [6.45, 7) is 3.44. The van der Waals surface area contributed by atoms with Crippen molar-refractivity contribution in [3.63, 3.8) is 0 Å². The van der Waals surface area contributed by atoms with E-state index in [0.717, 1.165) is 13.1 Å². The summed E-state index contributed by atoms with van der Waals surface area (Å²) in [7, 11) is -2.15. The van der Waals surface area contributed by atoms with Gasteiger partial charge in [0.25, 0.3) is 0 Å². The van der Waals surface area contributed by atoms with Gasteiger partial charge in [0, 0.05) is 12.1 Å². The van der Waals surface area contributed by atoms with E-state index in [1.165, 1.54) is 13.1 Å². The highest BCUT2D eigenvalue weighted by molar-refractivity contribution is 7.89. The number of rotatable bonds is 5. The van der Waals surface area contributed by atoms with Gasteiger partial charge in [-0.3, -0.25) is 4.79 Å². The zero-order valence-corrected chi connectivity index (χ0v) is 12.4. The van der Waals surface area contributed by atoms with Crippen molar-refractivity contribution in [2.45, 2.75) is 18.2 Å². The molecule has 0 radical (unpaired) electrons. The van der Waals surface area contributed by atoms with E-state index in [9.17, 15) is 13.2 Å². The molecule has 7 heteroatoms. The van der Waals surface area contributed by atoms with E-state index < -0.39 is 10.0 Å². The molecule has 0 aliphatic carbocycles. The number of hydrogen-bond donors (Lipinski definition) is 3. The van der Waals surface area contributed by atoms with Crippen molar-refractivity contribution >= 4 is 21.6 Å². The van der Waals surface area contributed by atoms with E-state index in [1.807, 2.05) is 0 Å². The Morgan fingerprint density at radius 2 is 2.10 bits per heavy atom. The number of sulfonamides is 1. The van der Waals surface area contributed by atoms with E-state index in [0.29, 0.717) is 23.6 Å². The van der Waals surface area contributed by atoms with Crippen LogP contribution in [0.3, 0.4) is 0 Å². The van der Waals surface area contributed by atoms with Gasteiger partial charge >= 0.3 is 0 Å².